The van der Waals surface area contributed by atoms with E-state index in [4.69, 9.17) is 0 Å². The molecule has 0 unspecified atom stereocenters. The van der Waals surface area contributed by atoms with Crippen LogP contribution in [-0.4, -0.2) is 20.3 Å². The number of carbonyl (C=O) groups is 1. The van der Waals surface area contributed by atoms with E-state index in [1.165, 1.54) is 0 Å². The molecule has 0 atom stereocenters. The molecule has 0 aliphatic heterocycles. The van der Waals surface area contributed by atoms with E-state index in [1.807, 2.05) is 88.4 Å². The van der Waals surface area contributed by atoms with Gasteiger partial charge in [0, 0.05) is 30.7 Å². The van der Waals surface area contributed by atoms with Gasteiger partial charge in [-0.15, -0.1) is 0 Å². The van der Waals surface area contributed by atoms with Crippen molar-refractivity contribution in [3.05, 3.63) is 120 Å². The van der Waals surface area contributed by atoms with Gasteiger partial charge in [-0.1, -0.05) is 48.5 Å². The zero-order valence-electron chi connectivity index (χ0n) is 15.3. The first-order valence-corrected chi connectivity index (χ1v) is 9.13. The zero-order valence-corrected chi connectivity index (χ0v) is 15.3. The summed E-state index contributed by atoms with van der Waals surface area (Å²) in [4.78, 5) is 17.0. The Bertz CT molecular complexity index is 1110. The van der Waals surface area contributed by atoms with Gasteiger partial charge in [-0.25, -0.2) is 0 Å². The number of nitrogens with zero attached hydrogens (tertiary/aromatic N) is 4. The summed E-state index contributed by atoms with van der Waals surface area (Å²) in [6, 6.07) is 25.2. The SMILES string of the molecule is O=C(N=c1ccccn1Cc1ccccc1)c1ccc(Cn2cccn2)cc1. The van der Waals surface area contributed by atoms with Gasteiger partial charge in [0.15, 0.2) is 0 Å². The van der Waals surface area contributed by atoms with Crippen LogP contribution in [0.1, 0.15) is 21.5 Å². The number of hydrogen-bond acceptors (Lipinski definition) is 2. The van der Waals surface area contributed by atoms with Crippen LogP contribution in [0.25, 0.3) is 0 Å². The summed E-state index contributed by atoms with van der Waals surface area (Å²) < 4.78 is 3.82. The molecule has 0 fully saturated rings. The molecule has 0 aliphatic rings. The highest BCUT2D eigenvalue weighted by atomic mass is 16.1. The normalized spacial score (nSPS) is 11.5. The molecule has 0 N–H and O–H groups in total. The lowest BCUT2D eigenvalue weighted by Gasteiger charge is -2.07. The van der Waals surface area contributed by atoms with E-state index in [9.17, 15) is 4.79 Å². The van der Waals surface area contributed by atoms with Gasteiger partial charge in [0.25, 0.3) is 5.91 Å². The van der Waals surface area contributed by atoms with Crippen LogP contribution in [0.15, 0.2) is 102 Å². The summed E-state index contributed by atoms with van der Waals surface area (Å²) in [7, 11) is 0. The molecular formula is C23H20N4O. The van der Waals surface area contributed by atoms with Crippen LogP contribution in [0.2, 0.25) is 0 Å². The minimum absolute atomic E-state index is 0.251. The first kappa shape index (κ1) is 17.7. The number of aromatic nitrogens is 3. The third-order valence-corrected chi connectivity index (χ3v) is 4.43. The molecule has 5 nitrogen and oxygen atoms in total. The summed E-state index contributed by atoms with van der Waals surface area (Å²) >= 11 is 0. The highest BCUT2D eigenvalue weighted by Crippen LogP contribution is 2.07. The highest BCUT2D eigenvalue weighted by Gasteiger charge is 2.05. The summed E-state index contributed by atoms with van der Waals surface area (Å²) in [5, 5.41) is 4.20. The van der Waals surface area contributed by atoms with Crippen molar-refractivity contribution in [3.8, 4) is 0 Å². The maximum Gasteiger partial charge on any atom is 0.278 e. The van der Waals surface area contributed by atoms with E-state index >= 15 is 0 Å². The molecule has 2 heterocycles. The van der Waals surface area contributed by atoms with E-state index in [0.29, 0.717) is 24.1 Å². The molecule has 28 heavy (non-hydrogen) atoms. The summed E-state index contributed by atoms with van der Waals surface area (Å²) in [5.41, 5.74) is 3.45. The maximum atomic E-state index is 12.6. The number of hydrogen-bond donors (Lipinski definition) is 0. The van der Waals surface area contributed by atoms with E-state index in [-0.39, 0.29) is 5.91 Å². The third-order valence-electron chi connectivity index (χ3n) is 4.43. The van der Waals surface area contributed by atoms with Crippen molar-refractivity contribution in [1.82, 2.24) is 14.3 Å². The average Bonchev–Trinajstić information content (AvgIpc) is 3.24. The van der Waals surface area contributed by atoms with Gasteiger partial charge in [0.1, 0.15) is 5.49 Å². The van der Waals surface area contributed by atoms with Gasteiger partial charge >= 0.3 is 0 Å². The molecule has 0 saturated heterocycles. The minimum atomic E-state index is -0.251. The lowest BCUT2D eigenvalue weighted by Crippen LogP contribution is -2.22. The van der Waals surface area contributed by atoms with Crippen molar-refractivity contribution >= 4 is 5.91 Å². The van der Waals surface area contributed by atoms with E-state index in [1.54, 1.807) is 6.20 Å². The molecular weight excluding hydrogens is 348 g/mol. The van der Waals surface area contributed by atoms with Crippen molar-refractivity contribution in [2.75, 3.05) is 0 Å². The average molecular weight is 368 g/mol. The first-order valence-electron chi connectivity index (χ1n) is 9.13. The maximum absolute atomic E-state index is 12.6. The largest absolute Gasteiger partial charge is 0.328 e. The van der Waals surface area contributed by atoms with Crippen LogP contribution >= 0.6 is 0 Å². The number of carbonyl (C=O) groups excluding carboxylic acids is 1. The van der Waals surface area contributed by atoms with Gasteiger partial charge < -0.3 is 4.57 Å². The van der Waals surface area contributed by atoms with Crippen LogP contribution in [0, 0.1) is 0 Å². The standard InChI is InChI=1S/C23H20N4O/c28-23(21-12-10-20(11-13-21)18-27-16-6-14-24-27)25-22-9-4-5-15-26(22)17-19-7-2-1-3-8-19/h1-16H,17-18H2. The van der Waals surface area contributed by atoms with Crippen LogP contribution in [0.4, 0.5) is 0 Å². The molecule has 138 valence electrons. The number of pyridine rings is 1. The fraction of sp³-hybridized carbons (Fsp3) is 0.0870. The van der Waals surface area contributed by atoms with Gasteiger partial charge in [-0.05, 0) is 41.5 Å². The lowest BCUT2D eigenvalue weighted by atomic mass is 10.1. The molecule has 2 aromatic carbocycles. The highest BCUT2D eigenvalue weighted by molar-refractivity contribution is 5.94. The summed E-state index contributed by atoms with van der Waals surface area (Å²) in [6.45, 7) is 1.34. The van der Waals surface area contributed by atoms with Crippen LogP contribution < -0.4 is 5.49 Å². The van der Waals surface area contributed by atoms with Crippen molar-refractivity contribution < 1.29 is 4.79 Å². The minimum Gasteiger partial charge on any atom is -0.328 e. The topological polar surface area (TPSA) is 52.2 Å². The Morgan fingerprint density at radius 1 is 0.786 bits per heavy atom. The Morgan fingerprint density at radius 2 is 1.54 bits per heavy atom. The fourth-order valence-corrected chi connectivity index (χ4v) is 2.98. The van der Waals surface area contributed by atoms with Crippen LogP contribution in [-0.2, 0) is 13.1 Å². The monoisotopic (exact) mass is 368 g/mol. The number of benzene rings is 2. The molecule has 4 rings (SSSR count). The second-order valence-electron chi connectivity index (χ2n) is 6.49. The zero-order chi connectivity index (χ0) is 19.2. The molecule has 1 amide bonds. The number of rotatable bonds is 5. The van der Waals surface area contributed by atoms with Gasteiger partial charge in [0.05, 0.1) is 6.54 Å². The first-order chi connectivity index (χ1) is 13.8. The smallest absolute Gasteiger partial charge is 0.278 e. The number of amides is 1. The van der Waals surface area contributed by atoms with Gasteiger partial charge in [-0.2, -0.15) is 10.1 Å². The molecule has 0 radical (unpaired) electrons. The van der Waals surface area contributed by atoms with E-state index < -0.39 is 0 Å². The van der Waals surface area contributed by atoms with E-state index in [0.717, 1.165) is 11.1 Å². The molecule has 5 heteroatoms. The predicted molar refractivity (Wildman–Crippen MR) is 108 cm³/mol. The van der Waals surface area contributed by atoms with E-state index in [2.05, 4.69) is 22.2 Å². The Morgan fingerprint density at radius 3 is 2.29 bits per heavy atom. The molecule has 4 aromatic rings. The van der Waals surface area contributed by atoms with Crippen LogP contribution in [0.5, 0.6) is 0 Å². The molecule has 0 aliphatic carbocycles. The summed E-state index contributed by atoms with van der Waals surface area (Å²) in [6.07, 6.45) is 5.60. The fourth-order valence-electron chi connectivity index (χ4n) is 2.98. The quantitative estimate of drug-likeness (QED) is 0.541. The summed E-state index contributed by atoms with van der Waals surface area (Å²) in [5.74, 6) is -0.251. The second-order valence-corrected chi connectivity index (χ2v) is 6.49. The lowest BCUT2D eigenvalue weighted by molar-refractivity contribution is 0.0997. The Kier molecular flexibility index (Phi) is 5.24. The van der Waals surface area contributed by atoms with Crippen molar-refractivity contribution in [3.63, 3.8) is 0 Å². The molecule has 0 bridgehead atoms. The van der Waals surface area contributed by atoms with Gasteiger partial charge in [-0.3, -0.25) is 9.48 Å². The second kappa shape index (κ2) is 8.31. The Balaban J connectivity index is 1.55. The van der Waals surface area contributed by atoms with Crippen LogP contribution in [0.3, 0.4) is 0 Å². The molecule has 0 saturated carbocycles. The third kappa shape index (κ3) is 4.32. The van der Waals surface area contributed by atoms with Gasteiger partial charge in [0.2, 0.25) is 0 Å². The Labute approximate surface area is 163 Å². The van der Waals surface area contributed by atoms with Crippen molar-refractivity contribution in [2.24, 2.45) is 4.99 Å². The molecule has 2 aromatic heterocycles. The Hall–Kier alpha value is -3.73. The van der Waals surface area contributed by atoms with Crippen molar-refractivity contribution in [2.45, 2.75) is 13.1 Å². The van der Waals surface area contributed by atoms with Crippen molar-refractivity contribution in [1.29, 1.82) is 0 Å². The molecule has 0 spiro atoms. The predicted octanol–water partition coefficient (Wildman–Crippen LogP) is 3.52.